The van der Waals surface area contributed by atoms with Crippen molar-refractivity contribution in [2.75, 3.05) is 18.0 Å². The van der Waals surface area contributed by atoms with Crippen LogP contribution in [-0.2, 0) is 4.79 Å². The molecule has 1 aliphatic rings. The zero-order chi connectivity index (χ0) is 13.7. The summed E-state index contributed by atoms with van der Waals surface area (Å²) in [5.41, 5.74) is 2.45. The van der Waals surface area contributed by atoms with Crippen LogP contribution in [0.4, 0.5) is 5.69 Å². The number of hydrogen-bond acceptors (Lipinski definition) is 2. The molecule has 0 saturated heterocycles. The average molecular weight is 259 g/mol. The maximum absolute atomic E-state index is 11.6. The van der Waals surface area contributed by atoms with Gasteiger partial charge in [-0.05, 0) is 38.3 Å². The van der Waals surface area contributed by atoms with Gasteiger partial charge < -0.3 is 9.69 Å². The molecule has 1 fully saturated rings. The number of benzene rings is 1. The number of aryl methyl sites for hydroxylation is 1. The van der Waals surface area contributed by atoms with Crippen molar-refractivity contribution in [1.29, 1.82) is 0 Å². The van der Waals surface area contributed by atoms with E-state index in [4.69, 9.17) is 0 Å². The number of anilines is 1. The van der Waals surface area contributed by atoms with Crippen molar-refractivity contribution in [1.82, 2.24) is 0 Å². The molecule has 0 aromatic heterocycles. The topological polar surface area (TPSA) is 20.3 Å². The van der Waals surface area contributed by atoms with Crippen LogP contribution in [0.1, 0.15) is 44.6 Å². The van der Waals surface area contributed by atoms with E-state index in [9.17, 15) is 4.79 Å². The standard InChI is InChI=1S/C17H25NO/c1-3-18(16-10-6-5-9-15(16)2)13-17(14-19)11-7-4-8-12-17/h5-6,9-10,14H,3-4,7-8,11-13H2,1-2H3. The first-order chi connectivity index (χ1) is 9.21. The molecule has 0 spiro atoms. The van der Waals surface area contributed by atoms with Crippen molar-refractivity contribution < 1.29 is 4.79 Å². The smallest absolute Gasteiger partial charge is 0.127 e. The number of nitrogens with zero attached hydrogens (tertiary/aromatic N) is 1. The van der Waals surface area contributed by atoms with Crippen LogP contribution < -0.4 is 4.90 Å². The van der Waals surface area contributed by atoms with Gasteiger partial charge in [-0.3, -0.25) is 0 Å². The van der Waals surface area contributed by atoms with E-state index in [1.165, 1.54) is 36.8 Å². The normalized spacial score (nSPS) is 18.0. The molecule has 1 aliphatic carbocycles. The molecule has 0 N–H and O–H groups in total. The Morgan fingerprint density at radius 2 is 1.89 bits per heavy atom. The van der Waals surface area contributed by atoms with Crippen molar-refractivity contribution in [2.45, 2.75) is 46.0 Å². The summed E-state index contributed by atoms with van der Waals surface area (Å²) in [7, 11) is 0. The lowest BCUT2D eigenvalue weighted by molar-refractivity contribution is -0.117. The predicted octanol–water partition coefficient (Wildman–Crippen LogP) is 3.97. The Bertz CT molecular complexity index is 421. The van der Waals surface area contributed by atoms with Crippen LogP contribution >= 0.6 is 0 Å². The van der Waals surface area contributed by atoms with E-state index < -0.39 is 0 Å². The van der Waals surface area contributed by atoms with E-state index >= 15 is 0 Å². The Morgan fingerprint density at radius 3 is 2.47 bits per heavy atom. The summed E-state index contributed by atoms with van der Waals surface area (Å²) in [5.74, 6) is 0. The van der Waals surface area contributed by atoms with E-state index in [0.29, 0.717) is 0 Å². The molecule has 0 atom stereocenters. The van der Waals surface area contributed by atoms with Gasteiger partial charge in [-0.2, -0.15) is 0 Å². The molecule has 19 heavy (non-hydrogen) atoms. The van der Waals surface area contributed by atoms with Gasteiger partial charge in [0.1, 0.15) is 6.29 Å². The molecule has 2 heteroatoms. The molecule has 1 saturated carbocycles. The molecule has 0 unspecified atom stereocenters. The summed E-state index contributed by atoms with van der Waals surface area (Å²) in [4.78, 5) is 14.0. The largest absolute Gasteiger partial charge is 0.371 e. The lowest BCUT2D eigenvalue weighted by Crippen LogP contribution is -2.40. The van der Waals surface area contributed by atoms with Gasteiger partial charge in [0.15, 0.2) is 0 Å². The molecule has 1 aromatic carbocycles. The highest BCUT2D eigenvalue weighted by Crippen LogP contribution is 2.36. The minimum Gasteiger partial charge on any atom is -0.371 e. The summed E-state index contributed by atoms with van der Waals surface area (Å²) in [6, 6.07) is 8.47. The monoisotopic (exact) mass is 259 g/mol. The summed E-state index contributed by atoms with van der Waals surface area (Å²) in [6.45, 7) is 6.15. The highest BCUT2D eigenvalue weighted by atomic mass is 16.1. The summed E-state index contributed by atoms with van der Waals surface area (Å²) in [6.07, 6.45) is 7.02. The van der Waals surface area contributed by atoms with Gasteiger partial charge in [0.05, 0.1) is 0 Å². The quantitative estimate of drug-likeness (QED) is 0.746. The molecule has 1 aromatic rings. The predicted molar refractivity (Wildman–Crippen MR) is 80.6 cm³/mol. The number of hydrogen-bond donors (Lipinski definition) is 0. The van der Waals surface area contributed by atoms with Crippen molar-refractivity contribution in [3.63, 3.8) is 0 Å². The van der Waals surface area contributed by atoms with Crippen molar-refractivity contribution >= 4 is 12.0 Å². The molecular formula is C17H25NO. The van der Waals surface area contributed by atoms with Gasteiger partial charge in [-0.1, -0.05) is 37.5 Å². The van der Waals surface area contributed by atoms with Crippen LogP contribution in [0.25, 0.3) is 0 Å². The second kappa shape index (κ2) is 6.23. The highest BCUT2D eigenvalue weighted by molar-refractivity contribution is 5.62. The molecule has 2 rings (SSSR count). The fourth-order valence-electron chi connectivity index (χ4n) is 3.23. The zero-order valence-electron chi connectivity index (χ0n) is 12.2. The minimum absolute atomic E-state index is 0.115. The first-order valence-electron chi connectivity index (χ1n) is 7.48. The Labute approximate surface area is 116 Å². The molecule has 0 radical (unpaired) electrons. The number of aldehydes is 1. The fourth-order valence-corrected chi connectivity index (χ4v) is 3.23. The Morgan fingerprint density at radius 1 is 1.21 bits per heavy atom. The third-order valence-corrected chi connectivity index (χ3v) is 4.44. The number of rotatable bonds is 5. The van der Waals surface area contributed by atoms with E-state index in [2.05, 4.69) is 43.0 Å². The summed E-state index contributed by atoms with van der Waals surface area (Å²) < 4.78 is 0. The maximum atomic E-state index is 11.6. The number of para-hydroxylation sites is 1. The summed E-state index contributed by atoms with van der Waals surface area (Å²) in [5, 5.41) is 0. The van der Waals surface area contributed by atoms with E-state index in [-0.39, 0.29) is 5.41 Å². The van der Waals surface area contributed by atoms with Crippen molar-refractivity contribution in [3.05, 3.63) is 29.8 Å². The third-order valence-electron chi connectivity index (χ3n) is 4.44. The lowest BCUT2D eigenvalue weighted by Gasteiger charge is -2.38. The van der Waals surface area contributed by atoms with Gasteiger partial charge in [-0.15, -0.1) is 0 Å². The third kappa shape index (κ3) is 3.17. The molecular weight excluding hydrogens is 234 g/mol. The Kier molecular flexibility index (Phi) is 4.62. The van der Waals surface area contributed by atoms with Gasteiger partial charge >= 0.3 is 0 Å². The fraction of sp³-hybridized carbons (Fsp3) is 0.588. The van der Waals surface area contributed by atoms with Crippen LogP contribution in [0.5, 0.6) is 0 Å². The molecule has 0 heterocycles. The van der Waals surface area contributed by atoms with Gasteiger partial charge in [0.2, 0.25) is 0 Å². The second-order valence-electron chi connectivity index (χ2n) is 5.84. The van der Waals surface area contributed by atoms with E-state index in [0.717, 1.165) is 25.9 Å². The highest BCUT2D eigenvalue weighted by Gasteiger charge is 2.33. The molecule has 2 nitrogen and oxygen atoms in total. The SMILES string of the molecule is CCN(CC1(C=O)CCCCC1)c1ccccc1C. The summed E-state index contributed by atoms with van der Waals surface area (Å²) >= 11 is 0. The molecule has 104 valence electrons. The van der Waals surface area contributed by atoms with Crippen LogP contribution in [0.15, 0.2) is 24.3 Å². The zero-order valence-corrected chi connectivity index (χ0v) is 12.2. The molecule has 0 amide bonds. The number of carbonyl (C=O) groups is 1. The molecule has 0 bridgehead atoms. The van der Waals surface area contributed by atoms with Gasteiger partial charge in [0.25, 0.3) is 0 Å². The van der Waals surface area contributed by atoms with Crippen LogP contribution in [0, 0.1) is 12.3 Å². The first-order valence-corrected chi connectivity index (χ1v) is 7.48. The maximum Gasteiger partial charge on any atom is 0.127 e. The Hall–Kier alpha value is -1.31. The van der Waals surface area contributed by atoms with Crippen LogP contribution in [0.3, 0.4) is 0 Å². The van der Waals surface area contributed by atoms with Crippen molar-refractivity contribution in [3.8, 4) is 0 Å². The van der Waals surface area contributed by atoms with Gasteiger partial charge in [-0.25, -0.2) is 0 Å². The average Bonchev–Trinajstić information content (AvgIpc) is 2.47. The van der Waals surface area contributed by atoms with Crippen LogP contribution in [0.2, 0.25) is 0 Å². The van der Waals surface area contributed by atoms with E-state index in [1.54, 1.807) is 0 Å². The number of carbonyl (C=O) groups excluding carboxylic acids is 1. The second-order valence-corrected chi connectivity index (χ2v) is 5.84. The van der Waals surface area contributed by atoms with Gasteiger partial charge in [0, 0.05) is 24.2 Å². The lowest BCUT2D eigenvalue weighted by atomic mass is 9.74. The minimum atomic E-state index is -0.115. The van der Waals surface area contributed by atoms with E-state index in [1.807, 2.05) is 0 Å². The molecule has 0 aliphatic heterocycles. The first kappa shape index (κ1) is 14.1. The van der Waals surface area contributed by atoms with Crippen LogP contribution in [-0.4, -0.2) is 19.4 Å². The van der Waals surface area contributed by atoms with Crippen molar-refractivity contribution in [2.24, 2.45) is 5.41 Å². The Balaban J connectivity index is 2.18.